The van der Waals surface area contributed by atoms with E-state index in [4.69, 9.17) is 4.74 Å². The van der Waals surface area contributed by atoms with Crippen LogP contribution in [0.15, 0.2) is 0 Å². The minimum Gasteiger partial charge on any atom is -0.385 e. The fraction of sp³-hybridized carbons (Fsp3) is 0.900. The third kappa shape index (κ3) is 4.07. The van der Waals surface area contributed by atoms with Crippen LogP contribution in [0.3, 0.4) is 0 Å². The summed E-state index contributed by atoms with van der Waals surface area (Å²) >= 11 is 0. The Hall–Kier alpha value is -0.610. The lowest BCUT2D eigenvalue weighted by atomic mass is 10.1. The number of amides is 1. The molecule has 0 aliphatic carbocycles. The second-order valence-corrected chi connectivity index (χ2v) is 3.64. The molecule has 14 heavy (non-hydrogen) atoms. The first kappa shape index (κ1) is 11.5. The van der Waals surface area contributed by atoms with Gasteiger partial charge in [0.15, 0.2) is 0 Å². The summed E-state index contributed by atoms with van der Waals surface area (Å²) in [6.45, 7) is 2.54. The lowest BCUT2D eigenvalue weighted by molar-refractivity contribution is -0.124. The van der Waals surface area contributed by atoms with E-state index in [-0.39, 0.29) is 11.9 Å². The van der Waals surface area contributed by atoms with Crippen molar-refractivity contribution in [3.8, 4) is 0 Å². The van der Waals surface area contributed by atoms with Crippen molar-refractivity contribution in [3.05, 3.63) is 0 Å². The zero-order valence-electron chi connectivity index (χ0n) is 8.84. The molecule has 1 unspecified atom stereocenters. The summed E-state index contributed by atoms with van der Waals surface area (Å²) in [4.78, 5) is 11.3. The number of hydrogen-bond acceptors (Lipinski definition) is 3. The van der Waals surface area contributed by atoms with Crippen molar-refractivity contribution in [3.63, 3.8) is 0 Å². The molecule has 82 valence electrons. The van der Waals surface area contributed by atoms with Gasteiger partial charge >= 0.3 is 0 Å². The van der Waals surface area contributed by atoms with Crippen molar-refractivity contribution in [1.82, 2.24) is 10.6 Å². The Morgan fingerprint density at radius 2 is 2.43 bits per heavy atom. The van der Waals surface area contributed by atoms with Gasteiger partial charge in [-0.15, -0.1) is 0 Å². The Balaban J connectivity index is 2.02. The van der Waals surface area contributed by atoms with E-state index in [0.29, 0.717) is 0 Å². The van der Waals surface area contributed by atoms with Gasteiger partial charge in [0.05, 0.1) is 6.04 Å². The average Bonchev–Trinajstić information content (AvgIpc) is 2.20. The van der Waals surface area contributed by atoms with Crippen LogP contribution in [0, 0.1) is 0 Å². The fourth-order valence-corrected chi connectivity index (χ4v) is 1.61. The van der Waals surface area contributed by atoms with Crippen LogP contribution in [0.2, 0.25) is 0 Å². The number of ether oxygens (including phenoxy) is 1. The van der Waals surface area contributed by atoms with Gasteiger partial charge < -0.3 is 15.4 Å². The summed E-state index contributed by atoms with van der Waals surface area (Å²) in [7, 11) is 1.71. The molecule has 0 aromatic rings. The van der Waals surface area contributed by atoms with E-state index >= 15 is 0 Å². The van der Waals surface area contributed by atoms with Crippen LogP contribution in [-0.4, -0.2) is 38.8 Å². The first-order valence-electron chi connectivity index (χ1n) is 5.34. The molecule has 4 heteroatoms. The van der Waals surface area contributed by atoms with Crippen LogP contribution in [0.1, 0.15) is 25.7 Å². The van der Waals surface area contributed by atoms with Crippen LogP contribution >= 0.6 is 0 Å². The summed E-state index contributed by atoms with van der Waals surface area (Å²) in [5, 5.41) is 6.12. The number of nitrogens with one attached hydrogen (secondary N) is 2. The van der Waals surface area contributed by atoms with Crippen LogP contribution < -0.4 is 10.6 Å². The van der Waals surface area contributed by atoms with Gasteiger partial charge in [0.25, 0.3) is 0 Å². The molecule has 1 atom stereocenters. The molecule has 1 amide bonds. The molecule has 0 aromatic heterocycles. The maximum absolute atomic E-state index is 11.3. The molecule has 1 saturated heterocycles. The van der Waals surface area contributed by atoms with Crippen LogP contribution in [0.25, 0.3) is 0 Å². The highest BCUT2D eigenvalue weighted by molar-refractivity contribution is 5.82. The molecule has 1 aliphatic heterocycles. The van der Waals surface area contributed by atoms with E-state index in [1.54, 1.807) is 7.11 Å². The second kappa shape index (κ2) is 6.79. The molecule has 1 heterocycles. The quantitative estimate of drug-likeness (QED) is 0.606. The number of carbonyl (C=O) groups excluding carboxylic acids is 1. The van der Waals surface area contributed by atoms with E-state index in [1.807, 2.05) is 0 Å². The Bertz CT molecular complexity index is 174. The highest BCUT2D eigenvalue weighted by Crippen LogP contribution is 2.02. The minimum absolute atomic E-state index is 0.0336. The van der Waals surface area contributed by atoms with Crippen molar-refractivity contribution in [1.29, 1.82) is 0 Å². The summed E-state index contributed by atoms with van der Waals surface area (Å²) in [6.07, 6.45) is 4.17. The second-order valence-electron chi connectivity index (χ2n) is 3.64. The highest BCUT2D eigenvalue weighted by Gasteiger charge is 2.20. The Kier molecular flexibility index (Phi) is 5.56. The van der Waals surface area contributed by atoms with E-state index in [1.165, 1.54) is 0 Å². The fourth-order valence-electron chi connectivity index (χ4n) is 1.61. The Morgan fingerprint density at radius 1 is 1.57 bits per heavy atom. The van der Waals surface area contributed by atoms with Crippen molar-refractivity contribution in [2.45, 2.75) is 31.7 Å². The third-order valence-electron chi connectivity index (χ3n) is 2.45. The molecular weight excluding hydrogens is 180 g/mol. The number of hydrogen-bond donors (Lipinski definition) is 2. The van der Waals surface area contributed by atoms with Gasteiger partial charge in [-0.3, -0.25) is 4.79 Å². The lowest BCUT2D eigenvalue weighted by Gasteiger charge is -2.22. The monoisotopic (exact) mass is 200 g/mol. The molecule has 0 aromatic carbocycles. The van der Waals surface area contributed by atoms with Crippen LogP contribution in [-0.2, 0) is 9.53 Å². The number of methoxy groups -OCH3 is 1. The van der Waals surface area contributed by atoms with E-state index in [0.717, 1.165) is 45.4 Å². The maximum Gasteiger partial charge on any atom is 0.237 e. The Labute approximate surface area is 85.4 Å². The van der Waals surface area contributed by atoms with Crippen LogP contribution in [0.4, 0.5) is 0 Å². The maximum atomic E-state index is 11.3. The number of piperidine rings is 1. The van der Waals surface area contributed by atoms with Crippen molar-refractivity contribution in [2.75, 3.05) is 26.8 Å². The third-order valence-corrected chi connectivity index (χ3v) is 2.45. The average molecular weight is 200 g/mol. The van der Waals surface area contributed by atoms with Gasteiger partial charge in [0.1, 0.15) is 0 Å². The van der Waals surface area contributed by atoms with E-state index in [2.05, 4.69) is 10.6 Å². The molecule has 1 rings (SSSR count). The predicted molar refractivity (Wildman–Crippen MR) is 55.1 cm³/mol. The summed E-state index contributed by atoms with van der Waals surface area (Å²) < 4.78 is 4.95. The molecule has 2 N–H and O–H groups in total. The largest absolute Gasteiger partial charge is 0.385 e. The van der Waals surface area contributed by atoms with Crippen molar-refractivity contribution < 1.29 is 9.53 Å². The van der Waals surface area contributed by atoms with Gasteiger partial charge in [0.2, 0.25) is 5.91 Å². The van der Waals surface area contributed by atoms with Gasteiger partial charge in [0, 0.05) is 20.3 Å². The molecule has 0 saturated carbocycles. The summed E-state index contributed by atoms with van der Waals surface area (Å²) in [6, 6.07) is 0.0336. The Morgan fingerprint density at radius 3 is 3.14 bits per heavy atom. The molecule has 4 nitrogen and oxygen atoms in total. The highest BCUT2D eigenvalue weighted by atomic mass is 16.5. The SMILES string of the molecule is COCCCCNC1CCCNC1=O. The number of unbranched alkanes of at least 4 members (excludes halogenated alkanes) is 1. The topological polar surface area (TPSA) is 50.4 Å². The standard InChI is InChI=1S/C10H20N2O2/c1-14-8-3-2-6-11-9-5-4-7-12-10(9)13/h9,11H,2-8H2,1H3,(H,12,13). The normalized spacial score (nSPS) is 22.1. The molecule has 1 fully saturated rings. The summed E-state index contributed by atoms with van der Waals surface area (Å²) in [5.74, 6) is 0.156. The van der Waals surface area contributed by atoms with Crippen LogP contribution in [0.5, 0.6) is 0 Å². The van der Waals surface area contributed by atoms with Gasteiger partial charge in [-0.1, -0.05) is 0 Å². The van der Waals surface area contributed by atoms with Crippen molar-refractivity contribution in [2.24, 2.45) is 0 Å². The van der Waals surface area contributed by atoms with Gasteiger partial charge in [-0.2, -0.15) is 0 Å². The zero-order valence-corrected chi connectivity index (χ0v) is 8.84. The molecule has 0 bridgehead atoms. The molecule has 1 aliphatic rings. The molecule has 0 spiro atoms. The molecule has 0 radical (unpaired) electrons. The first-order valence-corrected chi connectivity index (χ1v) is 5.34. The van der Waals surface area contributed by atoms with Gasteiger partial charge in [-0.25, -0.2) is 0 Å². The number of rotatable bonds is 6. The first-order chi connectivity index (χ1) is 6.84. The predicted octanol–water partition coefficient (Wildman–Crippen LogP) is 0.281. The van der Waals surface area contributed by atoms with E-state index in [9.17, 15) is 4.79 Å². The smallest absolute Gasteiger partial charge is 0.237 e. The van der Waals surface area contributed by atoms with E-state index < -0.39 is 0 Å². The zero-order chi connectivity index (χ0) is 10.2. The number of carbonyl (C=O) groups is 1. The van der Waals surface area contributed by atoms with Crippen molar-refractivity contribution >= 4 is 5.91 Å². The molecular formula is C10H20N2O2. The lowest BCUT2D eigenvalue weighted by Crippen LogP contribution is -2.48. The van der Waals surface area contributed by atoms with Gasteiger partial charge in [-0.05, 0) is 32.2 Å². The minimum atomic E-state index is 0.0336. The summed E-state index contributed by atoms with van der Waals surface area (Å²) in [5.41, 5.74) is 0.